The maximum atomic E-state index is 12.0. The fourth-order valence-electron chi connectivity index (χ4n) is 1.27. The van der Waals surface area contributed by atoms with Gasteiger partial charge in [0, 0.05) is 19.8 Å². The van der Waals surface area contributed by atoms with Gasteiger partial charge < -0.3 is 9.84 Å². The molecule has 0 radical (unpaired) electrons. The molecule has 0 aliphatic rings. The van der Waals surface area contributed by atoms with Crippen molar-refractivity contribution in [1.29, 1.82) is 0 Å². The molecule has 1 atom stereocenters. The van der Waals surface area contributed by atoms with Crippen LogP contribution in [0.25, 0.3) is 0 Å². The van der Waals surface area contributed by atoms with E-state index in [4.69, 9.17) is 21.4 Å². The van der Waals surface area contributed by atoms with Crippen molar-refractivity contribution in [2.75, 3.05) is 20.3 Å². The number of thiophene rings is 1. The number of nitrogens with one attached hydrogen (secondary N) is 1. The summed E-state index contributed by atoms with van der Waals surface area (Å²) in [6, 6.07) is 0.909. The van der Waals surface area contributed by atoms with Crippen LogP contribution in [0.3, 0.4) is 0 Å². The highest BCUT2D eigenvalue weighted by Crippen LogP contribution is 2.34. The number of hydrogen-bond acceptors (Lipinski definition) is 5. The van der Waals surface area contributed by atoms with Crippen LogP contribution in [0.15, 0.2) is 14.1 Å². The summed E-state index contributed by atoms with van der Waals surface area (Å²) in [7, 11) is -2.17. The predicted octanol–water partition coefficient (Wildman–Crippen LogP) is 1.84. The molecule has 1 heterocycles. The molecule has 0 amide bonds. The second-order valence-corrected chi connectivity index (χ2v) is 8.19. The summed E-state index contributed by atoms with van der Waals surface area (Å²) in [5, 5.41) is 9.22. The first-order valence-electron chi connectivity index (χ1n) is 4.97. The van der Waals surface area contributed by atoms with Gasteiger partial charge in [0.1, 0.15) is 4.21 Å². The SMILES string of the molecule is COCC(CCO)NS(=O)(=O)c1cc(Cl)c(Br)s1. The normalized spacial score (nSPS) is 13.8. The lowest BCUT2D eigenvalue weighted by Gasteiger charge is -2.15. The molecule has 0 aromatic carbocycles. The summed E-state index contributed by atoms with van der Waals surface area (Å²) in [6.07, 6.45) is 0.285. The van der Waals surface area contributed by atoms with E-state index in [1.165, 1.54) is 13.2 Å². The molecule has 5 nitrogen and oxygen atoms in total. The Hall–Kier alpha value is 0.300. The Bertz CT molecular complexity index is 465. The maximum absolute atomic E-state index is 12.0. The molecule has 0 aliphatic heterocycles. The van der Waals surface area contributed by atoms with E-state index in [0.717, 1.165) is 11.3 Å². The molecule has 18 heavy (non-hydrogen) atoms. The van der Waals surface area contributed by atoms with Crippen LogP contribution < -0.4 is 4.72 Å². The lowest BCUT2D eigenvalue weighted by Crippen LogP contribution is -2.38. The average Bonchev–Trinajstić information content (AvgIpc) is 2.60. The quantitative estimate of drug-likeness (QED) is 0.759. The van der Waals surface area contributed by atoms with Crippen LogP contribution in [0.1, 0.15) is 6.42 Å². The Balaban J connectivity index is 2.85. The molecule has 0 spiro atoms. The first kappa shape index (κ1) is 16.4. The molecular weight excluding hydrogens is 366 g/mol. The van der Waals surface area contributed by atoms with Crippen LogP contribution in [-0.2, 0) is 14.8 Å². The number of methoxy groups -OCH3 is 1. The van der Waals surface area contributed by atoms with E-state index >= 15 is 0 Å². The lowest BCUT2D eigenvalue weighted by molar-refractivity contribution is 0.158. The summed E-state index contributed by atoms with van der Waals surface area (Å²) < 4.78 is 32.1. The van der Waals surface area contributed by atoms with Crippen molar-refractivity contribution in [1.82, 2.24) is 4.72 Å². The van der Waals surface area contributed by atoms with E-state index in [-0.39, 0.29) is 23.8 Å². The number of aliphatic hydroxyl groups is 1. The molecule has 1 rings (SSSR count). The van der Waals surface area contributed by atoms with Crippen LogP contribution in [0.5, 0.6) is 0 Å². The Kier molecular flexibility index (Phi) is 6.52. The van der Waals surface area contributed by atoms with Crippen LogP contribution in [0.4, 0.5) is 0 Å². The average molecular weight is 379 g/mol. The Morgan fingerprint density at radius 1 is 1.67 bits per heavy atom. The zero-order chi connectivity index (χ0) is 13.8. The first-order valence-corrected chi connectivity index (χ1v) is 8.44. The molecule has 0 aliphatic carbocycles. The topological polar surface area (TPSA) is 75.6 Å². The van der Waals surface area contributed by atoms with Crippen molar-refractivity contribution < 1.29 is 18.3 Å². The van der Waals surface area contributed by atoms with Gasteiger partial charge in [-0.15, -0.1) is 11.3 Å². The van der Waals surface area contributed by atoms with Crippen molar-refractivity contribution >= 4 is 48.9 Å². The van der Waals surface area contributed by atoms with E-state index < -0.39 is 16.1 Å². The molecule has 1 aromatic heterocycles. The fourth-order valence-corrected chi connectivity index (χ4v) is 4.94. The third kappa shape index (κ3) is 4.44. The summed E-state index contributed by atoms with van der Waals surface area (Å²) in [5.41, 5.74) is 0. The minimum absolute atomic E-state index is 0.120. The third-order valence-electron chi connectivity index (χ3n) is 2.05. The van der Waals surface area contributed by atoms with E-state index in [0.29, 0.717) is 8.81 Å². The van der Waals surface area contributed by atoms with Gasteiger partial charge in [0.05, 0.1) is 15.4 Å². The molecule has 0 saturated carbocycles. The minimum atomic E-state index is -3.64. The van der Waals surface area contributed by atoms with Gasteiger partial charge in [-0.25, -0.2) is 13.1 Å². The molecule has 1 unspecified atom stereocenters. The lowest BCUT2D eigenvalue weighted by atomic mass is 10.2. The van der Waals surface area contributed by atoms with Gasteiger partial charge >= 0.3 is 0 Å². The second-order valence-electron chi connectivity index (χ2n) is 3.47. The van der Waals surface area contributed by atoms with Gasteiger partial charge in [-0.1, -0.05) is 11.6 Å². The van der Waals surface area contributed by atoms with E-state index in [2.05, 4.69) is 20.7 Å². The number of rotatable bonds is 7. The number of hydrogen-bond donors (Lipinski definition) is 2. The minimum Gasteiger partial charge on any atom is -0.396 e. The number of ether oxygens (including phenoxy) is 1. The van der Waals surface area contributed by atoms with Crippen LogP contribution >= 0.6 is 38.9 Å². The second kappa shape index (κ2) is 7.18. The standard InChI is InChI=1S/C9H13BrClNO4S2/c1-16-5-6(2-3-13)12-18(14,15)8-4-7(11)9(10)17-8/h4,6,12-13H,2-3,5H2,1H3. The predicted molar refractivity (Wildman–Crippen MR) is 74.7 cm³/mol. The van der Waals surface area contributed by atoms with E-state index in [1.54, 1.807) is 0 Å². The zero-order valence-electron chi connectivity index (χ0n) is 9.52. The number of sulfonamides is 1. The van der Waals surface area contributed by atoms with Crippen LogP contribution in [0.2, 0.25) is 5.02 Å². The molecule has 1 aromatic rings. The van der Waals surface area contributed by atoms with Gasteiger partial charge in [0.2, 0.25) is 10.0 Å². The fraction of sp³-hybridized carbons (Fsp3) is 0.556. The zero-order valence-corrected chi connectivity index (χ0v) is 13.5. The largest absolute Gasteiger partial charge is 0.396 e. The molecular formula is C9H13BrClNO4S2. The number of aliphatic hydroxyl groups excluding tert-OH is 1. The van der Waals surface area contributed by atoms with E-state index in [1.807, 2.05) is 0 Å². The highest BCUT2D eigenvalue weighted by atomic mass is 79.9. The van der Waals surface area contributed by atoms with Gasteiger partial charge in [-0.2, -0.15) is 0 Å². The summed E-state index contributed by atoms with van der Waals surface area (Å²) in [6.45, 7) is 0.0749. The monoisotopic (exact) mass is 377 g/mol. The molecule has 9 heteroatoms. The van der Waals surface area contributed by atoms with Crippen molar-refractivity contribution in [3.8, 4) is 0 Å². The summed E-state index contributed by atoms with van der Waals surface area (Å²) >= 11 is 10.00. The molecule has 2 N–H and O–H groups in total. The first-order chi connectivity index (χ1) is 8.40. The smallest absolute Gasteiger partial charge is 0.250 e. The van der Waals surface area contributed by atoms with Crippen molar-refractivity contribution in [3.05, 3.63) is 14.9 Å². The van der Waals surface area contributed by atoms with Gasteiger partial charge in [-0.3, -0.25) is 0 Å². The Morgan fingerprint density at radius 2 is 2.33 bits per heavy atom. The summed E-state index contributed by atoms with van der Waals surface area (Å²) in [4.78, 5) is 0. The van der Waals surface area contributed by atoms with E-state index in [9.17, 15) is 8.42 Å². The Morgan fingerprint density at radius 3 is 2.78 bits per heavy atom. The highest BCUT2D eigenvalue weighted by molar-refractivity contribution is 9.11. The van der Waals surface area contributed by atoms with Gasteiger partial charge in [0.25, 0.3) is 0 Å². The number of halogens is 2. The third-order valence-corrected chi connectivity index (χ3v) is 6.52. The molecule has 0 fully saturated rings. The summed E-state index contributed by atoms with van der Waals surface area (Å²) in [5.74, 6) is 0. The van der Waals surface area contributed by atoms with Crippen molar-refractivity contribution in [2.24, 2.45) is 0 Å². The molecule has 0 bridgehead atoms. The maximum Gasteiger partial charge on any atom is 0.250 e. The highest BCUT2D eigenvalue weighted by Gasteiger charge is 2.22. The Labute approximate surface area is 123 Å². The van der Waals surface area contributed by atoms with Gasteiger partial charge in [-0.05, 0) is 28.4 Å². The molecule has 0 saturated heterocycles. The van der Waals surface area contributed by atoms with Gasteiger partial charge in [0.15, 0.2) is 0 Å². The molecule has 104 valence electrons. The van der Waals surface area contributed by atoms with Crippen molar-refractivity contribution in [2.45, 2.75) is 16.7 Å². The van der Waals surface area contributed by atoms with Crippen molar-refractivity contribution in [3.63, 3.8) is 0 Å². The van der Waals surface area contributed by atoms with Crippen LogP contribution in [0, 0.1) is 0 Å². The van der Waals surface area contributed by atoms with Crippen LogP contribution in [-0.4, -0.2) is 39.9 Å².